The Morgan fingerprint density at radius 2 is 1.68 bits per heavy atom. The molecule has 0 atom stereocenters. The summed E-state index contributed by atoms with van der Waals surface area (Å²) in [5.41, 5.74) is 1.07. The van der Waals surface area contributed by atoms with Crippen LogP contribution in [0.1, 0.15) is 12.0 Å². The molecule has 0 saturated carbocycles. The van der Waals surface area contributed by atoms with Crippen LogP contribution < -0.4 is 15.4 Å². The average molecular weight is 318 g/mol. The number of aryl methyl sites for hydroxylation is 1. The number of carbonyl (C=O) groups excluding carboxylic acids is 2. The SMILES string of the molecule is Cc1ccc(OCC(=O)NCCCNC(=O)C(F)(F)F)cc1. The van der Waals surface area contributed by atoms with Gasteiger partial charge in [-0.25, -0.2) is 0 Å². The van der Waals surface area contributed by atoms with Crippen molar-refractivity contribution in [3.63, 3.8) is 0 Å². The zero-order chi connectivity index (χ0) is 16.6. The van der Waals surface area contributed by atoms with E-state index in [0.717, 1.165) is 5.56 Å². The second kappa shape index (κ2) is 8.26. The van der Waals surface area contributed by atoms with Crippen molar-refractivity contribution in [1.82, 2.24) is 10.6 Å². The topological polar surface area (TPSA) is 67.4 Å². The molecule has 1 aromatic carbocycles. The van der Waals surface area contributed by atoms with Gasteiger partial charge in [0.15, 0.2) is 6.61 Å². The Labute approximate surface area is 125 Å². The molecule has 0 radical (unpaired) electrons. The number of hydrogen-bond donors (Lipinski definition) is 2. The smallest absolute Gasteiger partial charge is 0.471 e. The lowest BCUT2D eigenvalue weighted by molar-refractivity contribution is -0.173. The van der Waals surface area contributed by atoms with E-state index in [1.54, 1.807) is 17.4 Å². The molecule has 5 nitrogen and oxygen atoms in total. The fourth-order valence-electron chi connectivity index (χ4n) is 1.45. The third-order valence-electron chi connectivity index (χ3n) is 2.61. The molecule has 1 aromatic rings. The number of nitrogens with one attached hydrogen (secondary N) is 2. The quantitative estimate of drug-likeness (QED) is 0.750. The van der Waals surface area contributed by atoms with Crippen molar-refractivity contribution in [2.75, 3.05) is 19.7 Å². The van der Waals surface area contributed by atoms with E-state index in [2.05, 4.69) is 5.32 Å². The Kier molecular flexibility index (Phi) is 6.68. The zero-order valence-corrected chi connectivity index (χ0v) is 12.0. The summed E-state index contributed by atoms with van der Waals surface area (Å²) in [6.45, 7) is 1.72. The van der Waals surface area contributed by atoms with Gasteiger partial charge >= 0.3 is 12.1 Å². The first kappa shape index (κ1) is 17.8. The summed E-state index contributed by atoms with van der Waals surface area (Å²) in [6, 6.07) is 7.15. The first-order valence-corrected chi connectivity index (χ1v) is 6.60. The maximum absolute atomic E-state index is 11.9. The molecular weight excluding hydrogens is 301 g/mol. The lowest BCUT2D eigenvalue weighted by Crippen LogP contribution is -2.38. The predicted molar refractivity (Wildman–Crippen MR) is 73.4 cm³/mol. The van der Waals surface area contributed by atoms with Crippen molar-refractivity contribution in [1.29, 1.82) is 0 Å². The number of ether oxygens (including phenoxy) is 1. The lowest BCUT2D eigenvalue weighted by Gasteiger charge is -2.09. The van der Waals surface area contributed by atoms with Gasteiger partial charge in [0.1, 0.15) is 5.75 Å². The summed E-state index contributed by atoms with van der Waals surface area (Å²) in [5.74, 6) is -1.82. The predicted octanol–water partition coefficient (Wildman–Crippen LogP) is 1.56. The Bertz CT molecular complexity index is 501. The van der Waals surface area contributed by atoms with E-state index in [0.29, 0.717) is 5.75 Å². The molecule has 0 aliphatic heterocycles. The molecule has 2 amide bonds. The van der Waals surface area contributed by atoms with Crippen LogP contribution >= 0.6 is 0 Å². The highest BCUT2D eigenvalue weighted by atomic mass is 19.4. The summed E-state index contributed by atoms with van der Waals surface area (Å²) in [6.07, 6.45) is -4.69. The van der Waals surface area contributed by atoms with Crippen LogP contribution in [0.15, 0.2) is 24.3 Å². The van der Waals surface area contributed by atoms with E-state index < -0.39 is 12.1 Å². The number of alkyl halides is 3. The second-order valence-corrected chi connectivity index (χ2v) is 4.56. The van der Waals surface area contributed by atoms with Crippen LogP contribution in [0.2, 0.25) is 0 Å². The van der Waals surface area contributed by atoms with Gasteiger partial charge in [0.2, 0.25) is 0 Å². The van der Waals surface area contributed by atoms with Gasteiger partial charge < -0.3 is 15.4 Å². The number of benzene rings is 1. The number of halogens is 3. The van der Waals surface area contributed by atoms with Crippen molar-refractivity contribution in [3.8, 4) is 5.75 Å². The maximum Gasteiger partial charge on any atom is 0.471 e. The molecule has 8 heteroatoms. The molecule has 0 aromatic heterocycles. The summed E-state index contributed by atoms with van der Waals surface area (Å²) in [4.78, 5) is 21.9. The Balaban J connectivity index is 2.11. The monoisotopic (exact) mass is 318 g/mol. The molecule has 0 fully saturated rings. The van der Waals surface area contributed by atoms with Gasteiger partial charge in [-0.05, 0) is 25.5 Å². The first-order valence-electron chi connectivity index (χ1n) is 6.60. The highest BCUT2D eigenvalue weighted by Gasteiger charge is 2.38. The third-order valence-corrected chi connectivity index (χ3v) is 2.61. The summed E-state index contributed by atoms with van der Waals surface area (Å²) in [5, 5.41) is 4.19. The molecule has 0 aliphatic carbocycles. The van der Waals surface area contributed by atoms with E-state index in [-0.39, 0.29) is 32.0 Å². The third kappa shape index (κ3) is 6.96. The van der Waals surface area contributed by atoms with Crippen LogP contribution in [-0.2, 0) is 9.59 Å². The molecular formula is C14H17F3N2O3. The Hall–Kier alpha value is -2.25. The molecule has 2 N–H and O–H groups in total. The van der Waals surface area contributed by atoms with Gasteiger partial charge in [0, 0.05) is 13.1 Å². The molecule has 0 bridgehead atoms. The van der Waals surface area contributed by atoms with E-state index in [1.807, 2.05) is 19.1 Å². The average Bonchev–Trinajstić information content (AvgIpc) is 2.45. The van der Waals surface area contributed by atoms with E-state index >= 15 is 0 Å². The highest BCUT2D eigenvalue weighted by Crippen LogP contribution is 2.13. The second-order valence-electron chi connectivity index (χ2n) is 4.56. The molecule has 1 rings (SSSR count). The molecule has 22 heavy (non-hydrogen) atoms. The fourth-order valence-corrected chi connectivity index (χ4v) is 1.45. The summed E-state index contributed by atoms with van der Waals surface area (Å²) >= 11 is 0. The summed E-state index contributed by atoms with van der Waals surface area (Å²) in [7, 11) is 0. The van der Waals surface area contributed by atoms with Gasteiger partial charge in [-0.1, -0.05) is 17.7 Å². The normalized spacial score (nSPS) is 10.9. The van der Waals surface area contributed by atoms with Crippen molar-refractivity contribution < 1.29 is 27.5 Å². The van der Waals surface area contributed by atoms with Gasteiger partial charge in [-0.3, -0.25) is 9.59 Å². The van der Waals surface area contributed by atoms with E-state index in [9.17, 15) is 22.8 Å². The molecule has 0 unspecified atom stereocenters. The van der Waals surface area contributed by atoms with Crippen LogP contribution in [0.25, 0.3) is 0 Å². The highest BCUT2D eigenvalue weighted by molar-refractivity contribution is 5.81. The Morgan fingerprint density at radius 1 is 1.09 bits per heavy atom. The lowest BCUT2D eigenvalue weighted by atomic mass is 10.2. The van der Waals surface area contributed by atoms with Gasteiger partial charge in [-0.15, -0.1) is 0 Å². The van der Waals surface area contributed by atoms with Crippen molar-refractivity contribution in [2.45, 2.75) is 19.5 Å². The molecule has 0 saturated heterocycles. The number of amides is 2. The van der Waals surface area contributed by atoms with E-state index in [4.69, 9.17) is 4.74 Å². The van der Waals surface area contributed by atoms with Crippen molar-refractivity contribution in [3.05, 3.63) is 29.8 Å². The van der Waals surface area contributed by atoms with Crippen LogP contribution in [-0.4, -0.2) is 37.7 Å². The number of carbonyl (C=O) groups is 2. The van der Waals surface area contributed by atoms with Crippen molar-refractivity contribution >= 4 is 11.8 Å². The summed E-state index contributed by atoms with van der Waals surface area (Å²) < 4.78 is 40.9. The number of rotatable bonds is 7. The molecule has 0 aliphatic rings. The first-order chi connectivity index (χ1) is 10.3. The van der Waals surface area contributed by atoms with Crippen molar-refractivity contribution in [2.24, 2.45) is 0 Å². The fraction of sp³-hybridized carbons (Fsp3) is 0.429. The number of hydrogen-bond acceptors (Lipinski definition) is 3. The Morgan fingerprint density at radius 3 is 2.27 bits per heavy atom. The van der Waals surface area contributed by atoms with Crippen LogP contribution in [0.4, 0.5) is 13.2 Å². The van der Waals surface area contributed by atoms with Crippen LogP contribution in [0, 0.1) is 6.92 Å². The standard InChI is InChI=1S/C14H17F3N2O3/c1-10-3-5-11(6-4-10)22-9-12(20)18-7-2-8-19-13(21)14(15,16)17/h3-6H,2,7-9H2,1H3,(H,18,20)(H,19,21). The maximum atomic E-state index is 11.9. The minimum Gasteiger partial charge on any atom is -0.484 e. The minimum absolute atomic E-state index is 0.147. The molecule has 122 valence electrons. The van der Waals surface area contributed by atoms with Gasteiger partial charge in [0.05, 0.1) is 0 Å². The van der Waals surface area contributed by atoms with Gasteiger partial charge in [0.25, 0.3) is 5.91 Å². The van der Waals surface area contributed by atoms with Crippen LogP contribution in [0.3, 0.4) is 0 Å². The van der Waals surface area contributed by atoms with Gasteiger partial charge in [-0.2, -0.15) is 13.2 Å². The molecule has 0 heterocycles. The molecule has 0 spiro atoms. The zero-order valence-electron chi connectivity index (χ0n) is 12.0. The van der Waals surface area contributed by atoms with Crippen LogP contribution in [0.5, 0.6) is 5.75 Å². The minimum atomic E-state index is -4.88. The largest absolute Gasteiger partial charge is 0.484 e. The van der Waals surface area contributed by atoms with E-state index in [1.165, 1.54) is 0 Å².